The second-order valence-corrected chi connectivity index (χ2v) is 4.94. The number of aromatic nitrogens is 4. The Morgan fingerprint density at radius 2 is 2.08 bits per heavy atom. The number of fused-ring (bicyclic) bond motifs is 1. The Hall–Kier alpha value is -2.66. The molecule has 1 atom stereocenters. The minimum atomic E-state index is -1.31. The van der Waals surface area contributed by atoms with E-state index in [4.69, 9.17) is 14.2 Å². The number of nitrogens with zero attached hydrogens (tertiary/aromatic N) is 4. The highest BCUT2D eigenvalue weighted by atomic mass is 16.7. The van der Waals surface area contributed by atoms with Gasteiger partial charge in [-0.1, -0.05) is 0 Å². The van der Waals surface area contributed by atoms with Crippen molar-refractivity contribution in [1.82, 2.24) is 19.5 Å². The number of carbonyl (C=O) groups is 1. The molecular formula is C15H23N5O6. The largest absolute Gasteiger partial charge is 0.508 e. The molecule has 0 saturated heterocycles. The molecule has 0 amide bonds. The van der Waals surface area contributed by atoms with Gasteiger partial charge in [0.2, 0.25) is 18.2 Å². The normalized spacial score (nSPS) is 12.0. The molecule has 11 nitrogen and oxygen atoms in total. The number of ether oxygens (including phenoxy) is 4. The lowest BCUT2D eigenvalue weighted by Crippen LogP contribution is -2.15. The van der Waals surface area contributed by atoms with Gasteiger partial charge in [-0.15, -0.1) is 0 Å². The van der Waals surface area contributed by atoms with Crippen LogP contribution in [-0.4, -0.2) is 64.3 Å². The Labute approximate surface area is 150 Å². The molecule has 11 heteroatoms. The van der Waals surface area contributed by atoms with Crippen molar-refractivity contribution in [3.63, 3.8) is 0 Å². The Morgan fingerprint density at radius 3 is 2.77 bits per heavy atom. The fourth-order valence-corrected chi connectivity index (χ4v) is 2.04. The second-order valence-electron chi connectivity index (χ2n) is 4.94. The van der Waals surface area contributed by atoms with E-state index in [0.717, 1.165) is 0 Å². The predicted molar refractivity (Wildman–Crippen MR) is 90.8 cm³/mol. The van der Waals surface area contributed by atoms with Gasteiger partial charge in [0.25, 0.3) is 0 Å². The SMILES string of the molecule is CCOC(=O)OCCCOC(O)n1cnc2c(OCC)nc(NC)nc21. The first kappa shape index (κ1) is 19.7. The molecule has 2 aromatic rings. The van der Waals surface area contributed by atoms with Crippen molar-refractivity contribution in [2.24, 2.45) is 0 Å². The van der Waals surface area contributed by atoms with Gasteiger partial charge in [0.15, 0.2) is 11.2 Å². The molecule has 1 unspecified atom stereocenters. The summed E-state index contributed by atoms with van der Waals surface area (Å²) >= 11 is 0. The first-order valence-corrected chi connectivity index (χ1v) is 8.25. The van der Waals surface area contributed by atoms with Crippen LogP contribution < -0.4 is 10.1 Å². The highest BCUT2D eigenvalue weighted by Gasteiger charge is 2.18. The van der Waals surface area contributed by atoms with Crippen LogP contribution in [0.15, 0.2) is 6.33 Å². The van der Waals surface area contributed by atoms with E-state index in [0.29, 0.717) is 36.0 Å². The van der Waals surface area contributed by atoms with E-state index in [1.807, 2.05) is 6.92 Å². The van der Waals surface area contributed by atoms with Gasteiger partial charge in [-0.3, -0.25) is 4.57 Å². The molecular weight excluding hydrogens is 346 g/mol. The molecule has 26 heavy (non-hydrogen) atoms. The topological polar surface area (TPSA) is 130 Å². The molecule has 2 rings (SSSR count). The Balaban J connectivity index is 1.98. The molecule has 0 radical (unpaired) electrons. The van der Waals surface area contributed by atoms with Gasteiger partial charge in [0, 0.05) is 13.5 Å². The molecule has 0 aliphatic rings. The van der Waals surface area contributed by atoms with Crippen molar-refractivity contribution in [3.8, 4) is 5.88 Å². The number of nitrogens with one attached hydrogen (secondary N) is 1. The number of anilines is 1. The number of aliphatic hydroxyl groups excluding tert-OH is 1. The molecule has 0 saturated carbocycles. The molecule has 0 aliphatic carbocycles. The minimum absolute atomic E-state index is 0.122. The Morgan fingerprint density at radius 1 is 1.27 bits per heavy atom. The minimum Gasteiger partial charge on any atom is -0.476 e. The van der Waals surface area contributed by atoms with Crippen LogP contribution in [0.4, 0.5) is 10.7 Å². The summed E-state index contributed by atoms with van der Waals surface area (Å²) in [6.45, 7) is 4.47. The van der Waals surface area contributed by atoms with Crippen molar-refractivity contribution in [2.45, 2.75) is 26.7 Å². The standard InChI is InChI=1S/C15H23N5O6/c1-4-23-12-10-11(18-13(16-3)19-12)20(9-17-10)14(21)25-7-6-8-26-15(22)24-5-2/h9,14,21H,4-8H2,1-3H3,(H,16,18,19). The van der Waals surface area contributed by atoms with Gasteiger partial charge in [0.1, 0.15) is 6.33 Å². The maximum Gasteiger partial charge on any atom is 0.508 e. The van der Waals surface area contributed by atoms with Crippen LogP contribution in [0, 0.1) is 0 Å². The smallest absolute Gasteiger partial charge is 0.476 e. The van der Waals surface area contributed by atoms with Crippen LogP contribution in [0.25, 0.3) is 11.2 Å². The monoisotopic (exact) mass is 369 g/mol. The van der Waals surface area contributed by atoms with Crippen molar-refractivity contribution < 1.29 is 28.8 Å². The number of hydrogen-bond acceptors (Lipinski definition) is 10. The van der Waals surface area contributed by atoms with Crippen LogP contribution in [0.2, 0.25) is 0 Å². The zero-order valence-corrected chi connectivity index (χ0v) is 15.0. The predicted octanol–water partition coefficient (Wildman–Crippen LogP) is 1.29. The maximum absolute atomic E-state index is 11.0. The summed E-state index contributed by atoms with van der Waals surface area (Å²) in [6, 6.07) is 0. The molecule has 0 fully saturated rings. The van der Waals surface area contributed by atoms with Gasteiger partial charge < -0.3 is 29.4 Å². The highest BCUT2D eigenvalue weighted by Crippen LogP contribution is 2.24. The lowest BCUT2D eigenvalue weighted by Gasteiger charge is -2.14. The third-order valence-corrected chi connectivity index (χ3v) is 3.17. The van der Waals surface area contributed by atoms with E-state index in [-0.39, 0.29) is 19.8 Å². The number of imidazole rings is 1. The van der Waals surface area contributed by atoms with Crippen molar-refractivity contribution >= 4 is 23.3 Å². The molecule has 0 bridgehead atoms. The Bertz CT molecular complexity index is 722. The van der Waals surface area contributed by atoms with Crippen molar-refractivity contribution in [2.75, 3.05) is 38.8 Å². The van der Waals surface area contributed by atoms with E-state index in [9.17, 15) is 9.90 Å². The molecule has 0 aliphatic heterocycles. The second kappa shape index (κ2) is 9.73. The first-order chi connectivity index (χ1) is 12.6. The summed E-state index contributed by atoms with van der Waals surface area (Å²) in [5.74, 6) is 0.647. The highest BCUT2D eigenvalue weighted by molar-refractivity contribution is 5.77. The maximum atomic E-state index is 11.0. The third kappa shape index (κ3) is 4.92. The van der Waals surface area contributed by atoms with Crippen LogP contribution in [0.1, 0.15) is 26.7 Å². The lowest BCUT2D eigenvalue weighted by molar-refractivity contribution is -0.152. The number of rotatable bonds is 10. The molecule has 0 spiro atoms. The fraction of sp³-hybridized carbons (Fsp3) is 0.600. The third-order valence-electron chi connectivity index (χ3n) is 3.17. The van der Waals surface area contributed by atoms with E-state index >= 15 is 0 Å². The average Bonchev–Trinajstić information content (AvgIpc) is 3.06. The molecule has 2 aromatic heterocycles. The van der Waals surface area contributed by atoms with Gasteiger partial charge in [-0.05, 0) is 13.8 Å². The summed E-state index contributed by atoms with van der Waals surface area (Å²) < 4.78 is 21.6. The van der Waals surface area contributed by atoms with E-state index in [1.54, 1.807) is 14.0 Å². The number of hydrogen-bond donors (Lipinski definition) is 2. The lowest BCUT2D eigenvalue weighted by atomic mass is 10.5. The van der Waals surface area contributed by atoms with Crippen LogP contribution in [0.5, 0.6) is 5.88 Å². The molecule has 0 aromatic carbocycles. The number of carbonyl (C=O) groups excluding carboxylic acids is 1. The van der Waals surface area contributed by atoms with E-state index in [2.05, 4.69) is 25.0 Å². The van der Waals surface area contributed by atoms with Crippen molar-refractivity contribution in [1.29, 1.82) is 0 Å². The van der Waals surface area contributed by atoms with Crippen LogP contribution in [-0.2, 0) is 14.2 Å². The zero-order valence-electron chi connectivity index (χ0n) is 15.0. The quantitative estimate of drug-likeness (QED) is 0.359. The molecule has 2 N–H and O–H groups in total. The summed E-state index contributed by atoms with van der Waals surface area (Å²) in [7, 11) is 1.67. The summed E-state index contributed by atoms with van der Waals surface area (Å²) in [4.78, 5) is 23.7. The molecule has 2 heterocycles. The first-order valence-electron chi connectivity index (χ1n) is 8.25. The van der Waals surface area contributed by atoms with Gasteiger partial charge >= 0.3 is 6.16 Å². The summed E-state index contributed by atoms with van der Waals surface area (Å²) in [5, 5.41) is 13.1. The van der Waals surface area contributed by atoms with Crippen molar-refractivity contribution in [3.05, 3.63) is 6.33 Å². The molecule has 144 valence electrons. The average molecular weight is 369 g/mol. The van der Waals surface area contributed by atoms with E-state index in [1.165, 1.54) is 10.9 Å². The van der Waals surface area contributed by atoms with Crippen LogP contribution in [0.3, 0.4) is 0 Å². The number of aliphatic hydroxyl groups is 1. The zero-order chi connectivity index (χ0) is 18.9. The Kier molecular flexibility index (Phi) is 7.36. The van der Waals surface area contributed by atoms with Crippen LogP contribution >= 0.6 is 0 Å². The van der Waals surface area contributed by atoms with Gasteiger partial charge in [-0.2, -0.15) is 9.97 Å². The van der Waals surface area contributed by atoms with E-state index < -0.39 is 12.6 Å². The summed E-state index contributed by atoms with van der Waals surface area (Å²) in [6.07, 6.45) is -0.255. The fourth-order valence-electron chi connectivity index (χ4n) is 2.04. The van der Waals surface area contributed by atoms with Gasteiger partial charge in [0.05, 0.1) is 26.4 Å². The summed E-state index contributed by atoms with van der Waals surface area (Å²) in [5.41, 5.74) is 0.780. The van der Waals surface area contributed by atoms with Gasteiger partial charge in [-0.25, -0.2) is 9.78 Å².